The average Bonchev–Trinajstić information content (AvgIpc) is 2.64. The summed E-state index contributed by atoms with van der Waals surface area (Å²) in [5, 5.41) is 0. The van der Waals surface area contributed by atoms with Gasteiger partial charge in [0.15, 0.2) is 0 Å². The van der Waals surface area contributed by atoms with Gasteiger partial charge in [-0.25, -0.2) is 0 Å². The van der Waals surface area contributed by atoms with E-state index in [0.717, 1.165) is 30.2 Å². The summed E-state index contributed by atoms with van der Waals surface area (Å²) in [7, 11) is 0. The second kappa shape index (κ2) is 9.38. The van der Waals surface area contributed by atoms with E-state index >= 15 is 0 Å². The van der Waals surface area contributed by atoms with E-state index in [1.54, 1.807) is 6.08 Å². The molecule has 0 fully saturated rings. The molecule has 0 aromatic heterocycles. The van der Waals surface area contributed by atoms with Crippen molar-refractivity contribution in [3.8, 4) is 0 Å². The summed E-state index contributed by atoms with van der Waals surface area (Å²) in [5.74, 6) is -8.28. The molecule has 1 aliphatic rings. The van der Waals surface area contributed by atoms with Crippen LogP contribution in [0, 0.1) is 0 Å². The van der Waals surface area contributed by atoms with Gasteiger partial charge in [-0.15, -0.1) is 0 Å². The molecular formula is C23H28F4. The highest BCUT2D eigenvalue weighted by atomic mass is 19.3. The van der Waals surface area contributed by atoms with Gasteiger partial charge in [0.2, 0.25) is 0 Å². The number of unbranched alkanes of at least 4 members (excludes halogenated alkanes) is 2. The molecule has 0 saturated carbocycles. The van der Waals surface area contributed by atoms with Crippen LogP contribution in [0.25, 0.3) is 0 Å². The van der Waals surface area contributed by atoms with E-state index in [1.807, 2.05) is 12.1 Å². The lowest BCUT2D eigenvalue weighted by atomic mass is 9.88. The van der Waals surface area contributed by atoms with Gasteiger partial charge in [0.05, 0.1) is 0 Å². The minimum Gasteiger partial charge on any atom is -0.194 e. The first-order valence-electron chi connectivity index (χ1n) is 9.74. The summed E-state index contributed by atoms with van der Waals surface area (Å²) >= 11 is 0. The van der Waals surface area contributed by atoms with Crippen molar-refractivity contribution in [2.45, 2.75) is 70.6 Å². The molecule has 0 radical (unpaired) electrons. The van der Waals surface area contributed by atoms with Gasteiger partial charge in [-0.2, -0.15) is 17.6 Å². The number of hydrogen-bond donors (Lipinski definition) is 0. The number of hydrogen-bond acceptors (Lipinski definition) is 0. The molecule has 148 valence electrons. The van der Waals surface area contributed by atoms with Gasteiger partial charge in [0, 0.05) is 11.1 Å². The molecule has 0 unspecified atom stereocenters. The molecule has 0 amide bonds. The van der Waals surface area contributed by atoms with Gasteiger partial charge in [0.1, 0.15) is 0 Å². The second-order valence-corrected chi connectivity index (χ2v) is 7.03. The lowest BCUT2D eigenvalue weighted by molar-refractivity contribution is -0.162. The molecule has 0 bridgehead atoms. The minimum atomic E-state index is -4.16. The fourth-order valence-electron chi connectivity index (χ4n) is 3.19. The normalized spacial score (nSPS) is 18.4. The van der Waals surface area contributed by atoms with Crippen molar-refractivity contribution in [1.82, 2.24) is 0 Å². The zero-order valence-electron chi connectivity index (χ0n) is 16.1. The quantitative estimate of drug-likeness (QED) is 0.308. The number of benzene rings is 1. The van der Waals surface area contributed by atoms with E-state index in [-0.39, 0.29) is 6.42 Å². The molecule has 2 rings (SSSR count). The van der Waals surface area contributed by atoms with Crippen molar-refractivity contribution in [3.05, 3.63) is 70.8 Å². The molecule has 0 aliphatic heterocycles. The molecule has 1 aliphatic carbocycles. The predicted octanol–water partition coefficient (Wildman–Crippen LogP) is 7.46. The van der Waals surface area contributed by atoms with E-state index < -0.39 is 23.0 Å². The van der Waals surface area contributed by atoms with Gasteiger partial charge in [-0.1, -0.05) is 75.3 Å². The topological polar surface area (TPSA) is 0 Å². The Kier molecular flexibility index (Phi) is 7.46. The summed E-state index contributed by atoms with van der Waals surface area (Å²) in [6.45, 7) is 3.63. The zero-order chi connectivity index (χ0) is 19.9. The van der Waals surface area contributed by atoms with Crippen molar-refractivity contribution >= 4 is 0 Å². The number of rotatable bonds is 9. The van der Waals surface area contributed by atoms with Crippen molar-refractivity contribution in [2.75, 3.05) is 0 Å². The molecule has 0 heterocycles. The molecule has 1 aromatic rings. The highest BCUT2D eigenvalue weighted by Crippen LogP contribution is 2.48. The van der Waals surface area contributed by atoms with Gasteiger partial charge in [0.25, 0.3) is 0 Å². The van der Waals surface area contributed by atoms with Gasteiger partial charge >= 0.3 is 11.8 Å². The van der Waals surface area contributed by atoms with Crippen LogP contribution in [0.3, 0.4) is 0 Å². The molecule has 1 aromatic carbocycles. The molecular weight excluding hydrogens is 352 g/mol. The molecule has 0 saturated heterocycles. The summed E-state index contributed by atoms with van der Waals surface area (Å²) in [4.78, 5) is 0. The third-order valence-corrected chi connectivity index (χ3v) is 4.99. The highest BCUT2D eigenvalue weighted by molar-refractivity contribution is 5.42. The standard InChI is InChI=1S/C23H28F4/c1-3-5-6-9-18-12-14-19(15-13-18)10-7-8-11-21-17-16-20(4-2)22(24,25)23(21,26)27/h8,11-17H,3-7,9-10H2,1-2H3/b11-8+. The maximum Gasteiger partial charge on any atom is 0.339 e. The number of aryl methyl sites for hydroxylation is 2. The van der Waals surface area contributed by atoms with Gasteiger partial charge in [-0.05, 0) is 43.2 Å². The first-order valence-corrected chi connectivity index (χ1v) is 9.74. The van der Waals surface area contributed by atoms with Crippen LogP contribution in [0.5, 0.6) is 0 Å². The van der Waals surface area contributed by atoms with Crippen LogP contribution >= 0.6 is 0 Å². The molecule has 0 N–H and O–H groups in total. The smallest absolute Gasteiger partial charge is 0.194 e. The van der Waals surface area contributed by atoms with E-state index in [0.29, 0.717) is 12.8 Å². The Bertz CT molecular complexity index is 694. The molecule has 4 heteroatoms. The van der Waals surface area contributed by atoms with Crippen molar-refractivity contribution in [3.63, 3.8) is 0 Å². The van der Waals surface area contributed by atoms with Gasteiger partial charge in [-0.3, -0.25) is 0 Å². The molecule has 27 heavy (non-hydrogen) atoms. The lowest BCUT2D eigenvalue weighted by Crippen LogP contribution is -2.44. The number of halogens is 4. The van der Waals surface area contributed by atoms with Crippen LogP contribution < -0.4 is 0 Å². The Morgan fingerprint density at radius 3 is 2.04 bits per heavy atom. The summed E-state index contributed by atoms with van der Waals surface area (Å²) < 4.78 is 56.0. The Balaban J connectivity index is 1.92. The van der Waals surface area contributed by atoms with E-state index in [9.17, 15) is 17.6 Å². The lowest BCUT2D eigenvalue weighted by Gasteiger charge is -2.31. The SMILES string of the molecule is CCCCCc1ccc(CC/C=C/C2=CC=C(CC)C(F)(F)C2(F)F)cc1. The van der Waals surface area contributed by atoms with E-state index in [4.69, 9.17) is 0 Å². The highest BCUT2D eigenvalue weighted by Gasteiger charge is 2.60. The summed E-state index contributed by atoms with van der Waals surface area (Å²) in [6, 6.07) is 8.30. The number of allylic oxidation sites excluding steroid dienone is 6. The molecule has 0 atom stereocenters. The first-order chi connectivity index (χ1) is 12.8. The molecule has 0 nitrogen and oxygen atoms in total. The maximum atomic E-state index is 14.1. The van der Waals surface area contributed by atoms with Crippen LogP contribution in [-0.4, -0.2) is 11.8 Å². The Morgan fingerprint density at radius 1 is 0.815 bits per heavy atom. The third-order valence-electron chi connectivity index (χ3n) is 4.99. The zero-order valence-corrected chi connectivity index (χ0v) is 16.1. The second-order valence-electron chi connectivity index (χ2n) is 7.03. The Morgan fingerprint density at radius 2 is 1.44 bits per heavy atom. The monoisotopic (exact) mass is 380 g/mol. The fourth-order valence-corrected chi connectivity index (χ4v) is 3.19. The first kappa shape index (κ1) is 21.5. The fraction of sp³-hybridized carbons (Fsp3) is 0.478. The minimum absolute atomic E-state index is 0.0927. The maximum absolute atomic E-state index is 14.1. The van der Waals surface area contributed by atoms with Crippen molar-refractivity contribution in [2.24, 2.45) is 0 Å². The van der Waals surface area contributed by atoms with Crippen molar-refractivity contribution < 1.29 is 17.6 Å². The van der Waals surface area contributed by atoms with Crippen LogP contribution in [-0.2, 0) is 12.8 Å². The third kappa shape index (κ3) is 5.12. The van der Waals surface area contributed by atoms with Crippen molar-refractivity contribution in [1.29, 1.82) is 0 Å². The van der Waals surface area contributed by atoms with Crippen LogP contribution in [0.2, 0.25) is 0 Å². The van der Waals surface area contributed by atoms with Crippen LogP contribution in [0.15, 0.2) is 59.7 Å². The largest absolute Gasteiger partial charge is 0.339 e. The number of alkyl halides is 4. The predicted molar refractivity (Wildman–Crippen MR) is 103 cm³/mol. The Hall–Kier alpha value is -1.84. The summed E-state index contributed by atoms with van der Waals surface area (Å²) in [5.41, 5.74) is 1.26. The molecule has 0 spiro atoms. The van der Waals surface area contributed by atoms with Gasteiger partial charge < -0.3 is 0 Å². The average molecular weight is 380 g/mol. The Labute approximate surface area is 159 Å². The summed E-state index contributed by atoms with van der Waals surface area (Å²) in [6.07, 6.45) is 10.7. The van der Waals surface area contributed by atoms with Crippen LogP contribution in [0.1, 0.15) is 57.1 Å². The van der Waals surface area contributed by atoms with E-state index in [2.05, 4.69) is 19.1 Å². The van der Waals surface area contributed by atoms with Crippen LogP contribution in [0.4, 0.5) is 17.6 Å². The van der Waals surface area contributed by atoms with E-state index in [1.165, 1.54) is 31.7 Å².